The molecule has 4 heteroatoms. The highest BCUT2D eigenvalue weighted by atomic mass is 35.5. The lowest BCUT2D eigenvalue weighted by molar-refractivity contribution is -0.128. The zero-order valence-electron chi connectivity index (χ0n) is 12.6. The fourth-order valence-electron chi connectivity index (χ4n) is 2.12. The molecular formula is C18H20ClNO2. The van der Waals surface area contributed by atoms with Gasteiger partial charge in [-0.05, 0) is 36.6 Å². The summed E-state index contributed by atoms with van der Waals surface area (Å²) in [6, 6.07) is 17.1. The van der Waals surface area contributed by atoms with Crippen LogP contribution in [0, 0.1) is 0 Å². The van der Waals surface area contributed by atoms with Crippen molar-refractivity contribution in [1.82, 2.24) is 5.32 Å². The summed E-state index contributed by atoms with van der Waals surface area (Å²) in [5.41, 5.74) is 1.20. The summed E-state index contributed by atoms with van der Waals surface area (Å²) < 4.78 is 5.71. The van der Waals surface area contributed by atoms with Crippen molar-refractivity contribution >= 4 is 17.5 Å². The molecular weight excluding hydrogens is 298 g/mol. The summed E-state index contributed by atoms with van der Waals surface area (Å²) in [4.78, 5) is 12.2. The van der Waals surface area contributed by atoms with Crippen LogP contribution in [-0.2, 0) is 11.2 Å². The van der Waals surface area contributed by atoms with Crippen LogP contribution in [0.1, 0.15) is 18.9 Å². The molecule has 0 bridgehead atoms. The van der Waals surface area contributed by atoms with Gasteiger partial charge in [-0.15, -0.1) is 0 Å². The zero-order valence-corrected chi connectivity index (χ0v) is 13.3. The summed E-state index contributed by atoms with van der Waals surface area (Å²) >= 11 is 5.92. The van der Waals surface area contributed by atoms with E-state index in [0.717, 1.165) is 6.42 Å². The van der Waals surface area contributed by atoms with E-state index >= 15 is 0 Å². The van der Waals surface area contributed by atoms with Crippen LogP contribution < -0.4 is 10.1 Å². The fourth-order valence-corrected chi connectivity index (χ4v) is 2.30. The second-order valence-corrected chi connectivity index (χ2v) is 5.44. The van der Waals surface area contributed by atoms with Crippen molar-refractivity contribution < 1.29 is 9.53 Å². The van der Waals surface area contributed by atoms with Gasteiger partial charge in [0, 0.05) is 11.6 Å². The van der Waals surface area contributed by atoms with Gasteiger partial charge in [0.2, 0.25) is 0 Å². The maximum Gasteiger partial charge on any atom is 0.261 e. The summed E-state index contributed by atoms with van der Waals surface area (Å²) in [7, 11) is 0. The molecule has 1 amide bonds. The SMILES string of the molecule is CC[C@@H](Oc1cccc(Cl)c1)C(=O)NCCc1ccccc1. The number of carbonyl (C=O) groups excluding carboxylic acids is 1. The van der Waals surface area contributed by atoms with Crippen LogP contribution >= 0.6 is 11.6 Å². The third-order valence-electron chi connectivity index (χ3n) is 3.29. The first-order valence-corrected chi connectivity index (χ1v) is 7.80. The minimum atomic E-state index is -0.505. The molecule has 1 N–H and O–H groups in total. The first-order chi connectivity index (χ1) is 10.7. The van der Waals surface area contributed by atoms with E-state index in [1.807, 2.05) is 37.3 Å². The molecule has 2 rings (SSSR count). The molecule has 0 aromatic heterocycles. The summed E-state index contributed by atoms with van der Waals surface area (Å²) in [6.07, 6.45) is 0.901. The van der Waals surface area contributed by atoms with Crippen molar-refractivity contribution in [2.45, 2.75) is 25.9 Å². The molecule has 0 unspecified atom stereocenters. The van der Waals surface area contributed by atoms with Gasteiger partial charge < -0.3 is 10.1 Å². The van der Waals surface area contributed by atoms with Gasteiger partial charge in [0.05, 0.1) is 0 Å². The Balaban J connectivity index is 1.84. The highest BCUT2D eigenvalue weighted by Gasteiger charge is 2.17. The predicted octanol–water partition coefficient (Wildman–Crippen LogP) is 3.86. The van der Waals surface area contributed by atoms with Gasteiger partial charge in [0.1, 0.15) is 5.75 Å². The number of carbonyl (C=O) groups is 1. The molecule has 0 fully saturated rings. The Bertz CT molecular complexity index is 601. The quantitative estimate of drug-likeness (QED) is 0.842. The van der Waals surface area contributed by atoms with Crippen LogP contribution in [0.25, 0.3) is 0 Å². The molecule has 0 saturated carbocycles. The molecule has 0 spiro atoms. The third-order valence-corrected chi connectivity index (χ3v) is 3.53. The maximum atomic E-state index is 12.2. The molecule has 3 nitrogen and oxygen atoms in total. The number of hydrogen-bond acceptors (Lipinski definition) is 2. The molecule has 2 aromatic carbocycles. The average molecular weight is 318 g/mol. The van der Waals surface area contributed by atoms with E-state index in [-0.39, 0.29) is 5.91 Å². The number of rotatable bonds is 7. The van der Waals surface area contributed by atoms with E-state index in [0.29, 0.717) is 23.7 Å². The minimum absolute atomic E-state index is 0.0987. The smallest absolute Gasteiger partial charge is 0.261 e. The molecule has 0 aliphatic carbocycles. The summed E-state index contributed by atoms with van der Waals surface area (Å²) in [5, 5.41) is 3.51. The number of hydrogen-bond donors (Lipinski definition) is 1. The van der Waals surface area contributed by atoms with Crippen LogP contribution in [0.5, 0.6) is 5.75 Å². The molecule has 0 radical (unpaired) electrons. The Morgan fingerprint density at radius 2 is 1.95 bits per heavy atom. The van der Waals surface area contributed by atoms with Crippen LogP contribution in [-0.4, -0.2) is 18.6 Å². The predicted molar refractivity (Wildman–Crippen MR) is 89.3 cm³/mol. The molecule has 0 aliphatic heterocycles. The van der Waals surface area contributed by atoms with Gasteiger partial charge >= 0.3 is 0 Å². The Hall–Kier alpha value is -2.00. The van der Waals surface area contributed by atoms with Crippen LogP contribution in [0.15, 0.2) is 54.6 Å². The minimum Gasteiger partial charge on any atom is -0.481 e. The van der Waals surface area contributed by atoms with Gasteiger partial charge in [-0.25, -0.2) is 0 Å². The highest BCUT2D eigenvalue weighted by Crippen LogP contribution is 2.19. The summed E-state index contributed by atoms with van der Waals surface area (Å²) in [5.74, 6) is 0.510. The Morgan fingerprint density at radius 3 is 2.64 bits per heavy atom. The van der Waals surface area contributed by atoms with Gasteiger partial charge in [0.25, 0.3) is 5.91 Å². The number of nitrogens with one attached hydrogen (secondary N) is 1. The van der Waals surface area contributed by atoms with Crippen molar-refractivity contribution in [2.75, 3.05) is 6.54 Å². The van der Waals surface area contributed by atoms with Crippen molar-refractivity contribution in [1.29, 1.82) is 0 Å². The van der Waals surface area contributed by atoms with Gasteiger partial charge in [0.15, 0.2) is 6.10 Å². The van der Waals surface area contributed by atoms with E-state index in [1.54, 1.807) is 24.3 Å². The lowest BCUT2D eigenvalue weighted by Gasteiger charge is -2.17. The standard InChI is InChI=1S/C18H20ClNO2/c1-2-17(22-16-10-6-9-15(19)13-16)18(21)20-12-11-14-7-4-3-5-8-14/h3-10,13,17H,2,11-12H2,1H3,(H,20,21)/t17-/m1/s1. The van der Waals surface area contributed by atoms with Gasteiger partial charge in [-0.1, -0.05) is 54.9 Å². The Kier molecular flexibility index (Phi) is 6.28. The first kappa shape index (κ1) is 16.4. The molecule has 22 heavy (non-hydrogen) atoms. The number of halogens is 1. The monoisotopic (exact) mass is 317 g/mol. The van der Waals surface area contributed by atoms with Crippen LogP contribution in [0.3, 0.4) is 0 Å². The van der Waals surface area contributed by atoms with Crippen LogP contribution in [0.4, 0.5) is 0 Å². The topological polar surface area (TPSA) is 38.3 Å². The van der Waals surface area contributed by atoms with Crippen molar-refractivity contribution in [2.24, 2.45) is 0 Å². The molecule has 0 saturated heterocycles. The average Bonchev–Trinajstić information content (AvgIpc) is 2.53. The van der Waals surface area contributed by atoms with E-state index < -0.39 is 6.10 Å². The van der Waals surface area contributed by atoms with E-state index in [1.165, 1.54) is 5.56 Å². The van der Waals surface area contributed by atoms with Gasteiger partial charge in [-0.2, -0.15) is 0 Å². The fraction of sp³-hybridized carbons (Fsp3) is 0.278. The summed E-state index contributed by atoms with van der Waals surface area (Å²) in [6.45, 7) is 2.52. The van der Waals surface area contributed by atoms with E-state index in [9.17, 15) is 4.79 Å². The van der Waals surface area contributed by atoms with Crippen LogP contribution in [0.2, 0.25) is 5.02 Å². The number of benzene rings is 2. The Labute approximate surface area is 136 Å². The molecule has 0 aliphatic rings. The number of amides is 1. The van der Waals surface area contributed by atoms with Crippen molar-refractivity contribution in [3.05, 3.63) is 65.2 Å². The molecule has 2 aromatic rings. The van der Waals surface area contributed by atoms with E-state index in [2.05, 4.69) is 5.32 Å². The highest BCUT2D eigenvalue weighted by molar-refractivity contribution is 6.30. The normalized spacial score (nSPS) is 11.7. The van der Waals surface area contributed by atoms with Gasteiger partial charge in [-0.3, -0.25) is 4.79 Å². The largest absolute Gasteiger partial charge is 0.481 e. The maximum absolute atomic E-state index is 12.2. The molecule has 116 valence electrons. The molecule has 1 atom stereocenters. The van der Waals surface area contributed by atoms with E-state index in [4.69, 9.17) is 16.3 Å². The van der Waals surface area contributed by atoms with Crippen molar-refractivity contribution in [3.63, 3.8) is 0 Å². The zero-order chi connectivity index (χ0) is 15.8. The Morgan fingerprint density at radius 1 is 1.18 bits per heavy atom. The second-order valence-electron chi connectivity index (χ2n) is 5.00. The lowest BCUT2D eigenvalue weighted by Crippen LogP contribution is -2.38. The first-order valence-electron chi connectivity index (χ1n) is 7.43. The van der Waals surface area contributed by atoms with Crippen molar-refractivity contribution in [3.8, 4) is 5.75 Å². The second kappa shape index (κ2) is 8.44. The molecule has 0 heterocycles. The lowest BCUT2D eigenvalue weighted by atomic mass is 10.1. The third kappa shape index (κ3) is 5.08. The number of ether oxygens (including phenoxy) is 1.